The number of nitrogens with zero attached hydrogens (tertiary/aromatic N) is 4. The number of aliphatic carboxylic acids is 2. The molecule has 0 unspecified atom stereocenters. The average molecular weight is 382 g/mol. The van der Waals surface area contributed by atoms with Crippen LogP contribution in [0.3, 0.4) is 0 Å². The summed E-state index contributed by atoms with van der Waals surface area (Å²) in [7, 11) is 0. The van der Waals surface area contributed by atoms with E-state index in [-0.39, 0.29) is 25.9 Å². The third kappa shape index (κ3) is 5.51. The van der Waals surface area contributed by atoms with Crippen molar-refractivity contribution in [1.82, 2.24) is 0 Å². The topological polar surface area (TPSA) is 126 Å². The minimum Gasteiger partial charge on any atom is -0.481 e. The van der Waals surface area contributed by atoms with Crippen LogP contribution in [0.15, 0.2) is 51.3 Å². The lowest BCUT2D eigenvalue weighted by Crippen LogP contribution is -2.28. The largest absolute Gasteiger partial charge is 0.481 e. The summed E-state index contributed by atoms with van der Waals surface area (Å²) in [5, 5.41) is 35.5. The Bertz CT molecular complexity index is 891. The lowest BCUT2D eigenvalue weighted by atomic mass is 10.1. The molecule has 1 aromatic rings. The van der Waals surface area contributed by atoms with Crippen LogP contribution in [-0.4, -0.2) is 35.2 Å². The van der Waals surface area contributed by atoms with Crippen LogP contribution in [0.2, 0.25) is 0 Å². The van der Waals surface area contributed by atoms with Crippen LogP contribution in [0.4, 0.5) is 11.4 Å². The van der Waals surface area contributed by atoms with E-state index in [2.05, 4.69) is 16.3 Å². The van der Waals surface area contributed by atoms with Crippen molar-refractivity contribution < 1.29 is 19.8 Å². The number of nitriles is 1. The van der Waals surface area contributed by atoms with Crippen molar-refractivity contribution in [3.63, 3.8) is 0 Å². The SMILES string of the molecule is CC1=CCC(N=Nc2ccc(N(CCC(=O)O)CCC(=O)O)cc2C)=C1C#N. The quantitative estimate of drug-likeness (QED) is 0.622. The molecule has 2 N–H and O–H groups in total. The van der Waals surface area contributed by atoms with Gasteiger partial charge in [-0.05, 0) is 43.2 Å². The van der Waals surface area contributed by atoms with Gasteiger partial charge >= 0.3 is 11.9 Å². The highest BCUT2D eigenvalue weighted by Crippen LogP contribution is 2.30. The van der Waals surface area contributed by atoms with Crippen LogP contribution < -0.4 is 4.90 Å². The fourth-order valence-corrected chi connectivity index (χ4v) is 2.82. The Morgan fingerprint density at radius 2 is 1.79 bits per heavy atom. The molecule has 1 aromatic carbocycles. The van der Waals surface area contributed by atoms with Gasteiger partial charge in [-0.3, -0.25) is 9.59 Å². The lowest BCUT2D eigenvalue weighted by Gasteiger charge is -2.24. The molecule has 0 amide bonds. The van der Waals surface area contributed by atoms with Gasteiger partial charge in [-0.1, -0.05) is 6.08 Å². The van der Waals surface area contributed by atoms with Gasteiger partial charge in [-0.25, -0.2) is 0 Å². The van der Waals surface area contributed by atoms with E-state index in [0.717, 1.165) is 16.8 Å². The average Bonchev–Trinajstić information content (AvgIpc) is 3.00. The second-order valence-electron chi connectivity index (χ2n) is 6.47. The molecular weight excluding hydrogens is 360 g/mol. The molecule has 0 atom stereocenters. The Kier molecular flexibility index (Phi) is 7.04. The van der Waals surface area contributed by atoms with E-state index in [1.54, 1.807) is 17.0 Å². The summed E-state index contributed by atoms with van der Waals surface area (Å²) in [4.78, 5) is 23.5. The molecule has 0 bridgehead atoms. The smallest absolute Gasteiger partial charge is 0.305 e. The van der Waals surface area contributed by atoms with Crippen molar-refractivity contribution in [3.05, 3.63) is 46.7 Å². The number of aryl methyl sites for hydroxylation is 1. The zero-order valence-electron chi connectivity index (χ0n) is 15.8. The number of benzene rings is 1. The normalized spacial score (nSPS) is 13.5. The monoisotopic (exact) mass is 382 g/mol. The fourth-order valence-electron chi connectivity index (χ4n) is 2.82. The first-order chi connectivity index (χ1) is 13.3. The Morgan fingerprint density at radius 1 is 1.14 bits per heavy atom. The molecule has 0 fully saturated rings. The van der Waals surface area contributed by atoms with Gasteiger partial charge in [0.15, 0.2) is 0 Å². The van der Waals surface area contributed by atoms with Crippen LogP contribution in [0.5, 0.6) is 0 Å². The molecule has 0 radical (unpaired) electrons. The Balaban J connectivity index is 2.20. The summed E-state index contributed by atoms with van der Waals surface area (Å²) >= 11 is 0. The molecule has 8 nitrogen and oxygen atoms in total. The second kappa shape index (κ2) is 9.46. The van der Waals surface area contributed by atoms with Crippen LogP contribution >= 0.6 is 0 Å². The molecule has 28 heavy (non-hydrogen) atoms. The minimum absolute atomic E-state index is 0.0857. The van der Waals surface area contributed by atoms with E-state index in [4.69, 9.17) is 10.2 Å². The predicted molar refractivity (Wildman–Crippen MR) is 103 cm³/mol. The maximum Gasteiger partial charge on any atom is 0.305 e. The number of carboxylic acids is 2. The van der Waals surface area contributed by atoms with Gasteiger partial charge < -0.3 is 15.1 Å². The molecule has 0 spiro atoms. The summed E-state index contributed by atoms with van der Waals surface area (Å²) < 4.78 is 0. The number of allylic oxidation sites excluding steroid dienone is 3. The Hall–Kier alpha value is -3.47. The van der Waals surface area contributed by atoms with Gasteiger partial charge in [0, 0.05) is 25.2 Å². The van der Waals surface area contributed by atoms with Gasteiger partial charge in [0.1, 0.15) is 6.07 Å². The molecule has 0 saturated heterocycles. The number of hydrogen-bond donors (Lipinski definition) is 2. The summed E-state index contributed by atoms with van der Waals surface area (Å²) in [5.74, 6) is -1.88. The van der Waals surface area contributed by atoms with E-state index < -0.39 is 11.9 Å². The van der Waals surface area contributed by atoms with Crippen molar-refractivity contribution in [1.29, 1.82) is 5.26 Å². The van der Waals surface area contributed by atoms with E-state index >= 15 is 0 Å². The third-order valence-corrected chi connectivity index (χ3v) is 4.41. The van der Waals surface area contributed by atoms with Crippen LogP contribution in [0.1, 0.15) is 31.7 Å². The summed E-state index contributed by atoms with van der Waals surface area (Å²) in [6.07, 6.45) is 2.34. The molecule has 2 rings (SSSR count). The maximum absolute atomic E-state index is 10.9. The van der Waals surface area contributed by atoms with Gasteiger partial charge in [-0.2, -0.15) is 15.5 Å². The zero-order chi connectivity index (χ0) is 20.7. The number of rotatable bonds is 9. The number of hydrogen-bond acceptors (Lipinski definition) is 6. The van der Waals surface area contributed by atoms with E-state index in [1.807, 2.05) is 26.0 Å². The molecular formula is C20H22N4O4. The third-order valence-electron chi connectivity index (χ3n) is 4.41. The Labute approximate surface area is 163 Å². The van der Waals surface area contributed by atoms with Gasteiger partial charge in [0.25, 0.3) is 0 Å². The van der Waals surface area contributed by atoms with E-state index in [1.165, 1.54) is 0 Å². The van der Waals surface area contributed by atoms with Crippen LogP contribution in [-0.2, 0) is 9.59 Å². The van der Waals surface area contributed by atoms with E-state index in [0.29, 0.717) is 23.4 Å². The molecule has 0 heterocycles. The van der Waals surface area contributed by atoms with E-state index in [9.17, 15) is 14.9 Å². The molecule has 0 saturated carbocycles. The molecule has 0 aromatic heterocycles. The van der Waals surface area contributed by atoms with Gasteiger partial charge in [0.05, 0.1) is 29.8 Å². The summed E-state index contributed by atoms with van der Waals surface area (Å²) in [5.41, 5.74) is 4.26. The van der Waals surface area contributed by atoms with Crippen molar-refractivity contribution in [2.45, 2.75) is 33.1 Å². The van der Waals surface area contributed by atoms with Gasteiger partial charge in [-0.15, -0.1) is 0 Å². The summed E-state index contributed by atoms with van der Waals surface area (Å²) in [6.45, 7) is 4.14. The van der Waals surface area contributed by atoms with Crippen molar-refractivity contribution in [2.75, 3.05) is 18.0 Å². The highest BCUT2D eigenvalue weighted by molar-refractivity contribution is 5.69. The van der Waals surface area contributed by atoms with Crippen LogP contribution in [0.25, 0.3) is 0 Å². The molecule has 1 aliphatic rings. The maximum atomic E-state index is 10.9. The number of carboxylic acid groups (broad SMARTS) is 2. The molecule has 146 valence electrons. The van der Waals surface area contributed by atoms with Gasteiger partial charge in [0.2, 0.25) is 0 Å². The van der Waals surface area contributed by atoms with Crippen molar-refractivity contribution in [2.24, 2.45) is 10.2 Å². The lowest BCUT2D eigenvalue weighted by molar-refractivity contribution is -0.137. The number of carbonyl (C=O) groups is 2. The fraction of sp³-hybridized carbons (Fsp3) is 0.350. The Morgan fingerprint density at radius 3 is 2.32 bits per heavy atom. The first kappa shape index (κ1) is 20.8. The summed E-state index contributed by atoms with van der Waals surface area (Å²) in [6, 6.07) is 7.49. The first-order valence-corrected chi connectivity index (χ1v) is 8.83. The predicted octanol–water partition coefficient (Wildman–Crippen LogP) is 3.96. The van der Waals surface area contributed by atoms with Crippen molar-refractivity contribution in [3.8, 4) is 6.07 Å². The standard InChI is InChI=1S/C20H22N4O4/c1-13-3-5-18(16(13)12-21)23-22-17-6-4-15(11-14(17)2)24(9-7-19(25)26)10-8-20(27)28/h3-4,6,11H,5,7-10H2,1-2H3,(H,25,26)(H,27,28). The first-order valence-electron chi connectivity index (χ1n) is 8.83. The highest BCUT2D eigenvalue weighted by atomic mass is 16.4. The second-order valence-corrected chi connectivity index (χ2v) is 6.47. The molecule has 8 heteroatoms. The minimum atomic E-state index is -0.940. The van der Waals surface area contributed by atoms with Crippen LogP contribution in [0, 0.1) is 18.3 Å². The van der Waals surface area contributed by atoms with Crippen molar-refractivity contribution >= 4 is 23.3 Å². The molecule has 0 aliphatic heterocycles. The highest BCUT2D eigenvalue weighted by Gasteiger charge is 2.15. The number of azo groups is 1. The molecule has 1 aliphatic carbocycles. The number of anilines is 1. The zero-order valence-corrected chi connectivity index (χ0v) is 15.8.